The van der Waals surface area contributed by atoms with E-state index in [0.29, 0.717) is 5.02 Å². The maximum atomic E-state index is 13.2. The SMILES string of the molecule is Cc1sc(-c2ccc(F)cc2Cl)nc1-c1ccccc1Br. The number of benzene rings is 2. The zero-order valence-corrected chi connectivity index (χ0v) is 14.2. The lowest BCUT2D eigenvalue weighted by atomic mass is 10.1. The predicted molar refractivity (Wildman–Crippen MR) is 90.4 cm³/mol. The highest BCUT2D eigenvalue weighted by atomic mass is 79.9. The molecule has 0 fully saturated rings. The summed E-state index contributed by atoms with van der Waals surface area (Å²) in [6.45, 7) is 2.02. The van der Waals surface area contributed by atoms with E-state index in [1.165, 1.54) is 12.1 Å². The van der Waals surface area contributed by atoms with E-state index in [1.807, 2.05) is 31.2 Å². The quantitative estimate of drug-likeness (QED) is 0.504. The van der Waals surface area contributed by atoms with Crippen molar-refractivity contribution < 1.29 is 4.39 Å². The number of halogens is 3. The minimum absolute atomic E-state index is 0.344. The minimum Gasteiger partial charge on any atom is -0.236 e. The molecular weight excluding hydrogens is 373 g/mol. The zero-order valence-electron chi connectivity index (χ0n) is 11.0. The highest BCUT2D eigenvalue weighted by Crippen LogP contribution is 2.38. The summed E-state index contributed by atoms with van der Waals surface area (Å²) in [6, 6.07) is 12.3. The van der Waals surface area contributed by atoms with Crippen LogP contribution in [0.1, 0.15) is 4.88 Å². The summed E-state index contributed by atoms with van der Waals surface area (Å²) in [7, 11) is 0. The van der Waals surface area contributed by atoms with Crippen molar-refractivity contribution in [3.8, 4) is 21.8 Å². The lowest BCUT2D eigenvalue weighted by molar-refractivity contribution is 0.628. The van der Waals surface area contributed by atoms with Crippen LogP contribution in [0, 0.1) is 12.7 Å². The van der Waals surface area contributed by atoms with Crippen LogP contribution in [0.5, 0.6) is 0 Å². The van der Waals surface area contributed by atoms with Gasteiger partial charge in [-0.15, -0.1) is 11.3 Å². The van der Waals surface area contributed by atoms with Gasteiger partial charge in [-0.3, -0.25) is 0 Å². The first-order valence-corrected chi connectivity index (χ1v) is 8.23. The summed E-state index contributed by atoms with van der Waals surface area (Å²) in [5, 5.41) is 1.17. The third-order valence-corrected chi connectivity index (χ3v) is 5.10. The fraction of sp³-hybridized carbons (Fsp3) is 0.0625. The molecule has 0 radical (unpaired) electrons. The maximum absolute atomic E-state index is 13.2. The van der Waals surface area contributed by atoms with E-state index in [1.54, 1.807) is 17.4 Å². The Hall–Kier alpha value is -1.23. The van der Waals surface area contributed by atoms with Gasteiger partial charge in [0.2, 0.25) is 0 Å². The van der Waals surface area contributed by atoms with Crippen molar-refractivity contribution in [2.45, 2.75) is 6.92 Å². The molecule has 1 nitrogen and oxygen atoms in total. The third kappa shape index (κ3) is 2.89. The Kier molecular flexibility index (Phi) is 4.11. The summed E-state index contributed by atoms with van der Waals surface area (Å²) >= 11 is 11.2. The number of nitrogens with zero attached hydrogens (tertiary/aromatic N) is 1. The smallest absolute Gasteiger partial charge is 0.125 e. The Bertz CT molecular complexity index is 816. The van der Waals surface area contributed by atoms with E-state index >= 15 is 0 Å². The first-order chi connectivity index (χ1) is 10.1. The second-order valence-electron chi connectivity index (χ2n) is 4.53. The monoisotopic (exact) mass is 381 g/mol. The minimum atomic E-state index is -0.344. The van der Waals surface area contributed by atoms with E-state index in [0.717, 1.165) is 31.2 Å². The Balaban J connectivity index is 2.12. The van der Waals surface area contributed by atoms with Crippen LogP contribution in [0.4, 0.5) is 4.39 Å². The van der Waals surface area contributed by atoms with Gasteiger partial charge in [-0.2, -0.15) is 0 Å². The van der Waals surface area contributed by atoms with Crippen molar-refractivity contribution in [3.63, 3.8) is 0 Å². The molecule has 21 heavy (non-hydrogen) atoms. The molecule has 0 amide bonds. The molecule has 2 aromatic carbocycles. The van der Waals surface area contributed by atoms with Crippen molar-refractivity contribution in [2.24, 2.45) is 0 Å². The van der Waals surface area contributed by atoms with Crippen LogP contribution >= 0.6 is 38.9 Å². The second kappa shape index (κ2) is 5.87. The Morgan fingerprint density at radius 2 is 1.90 bits per heavy atom. The largest absolute Gasteiger partial charge is 0.236 e. The van der Waals surface area contributed by atoms with Crippen LogP contribution < -0.4 is 0 Å². The van der Waals surface area contributed by atoms with Gasteiger partial charge in [-0.1, -0.05) is 45.7 Å². The van der Waals surface area contributed by atoms with Crippen LogP contribution in [0.2, 0.25) is 5.02 Å². The summed E-state index contributed by atoms with van der Waals surface area (Å²) in [5.74, 6) is -0.344. The summed E-state index contributed by atoms with van der Waals surface area (Å²) in [4.78, 5) is 5.78. The molecule has 5 heteroatoms. The van der Waals surface area contributed by atoms with Crippen molar-refractivity contribution in [2.75, 3.05) is 0 Å². The van der Waals surface area contributed by atoms with Gasteiger partial charge in [0.1, 0.15) is 10.8 Å². The van der Waals surface area contributed by atoms with Gasteiger partial charge < -0.3 is 0 Å². The topological polar surface area (TPSA) is 12.9 Å². The van der Waals surface area contributed by atoms with Crippen LogP contribution in [0.15, 0.2) is 46.9 Å². The normalized spacial score (nSPS) is 10.9. The van der Waals surface area contributed by atoms with Gasteiger partial charge in [0.25, 0.3) is 0 Å². The molecule has 0 bridgehead atoms. The Morgan fingerprint density at radius 3 is 2.62 bits per heavy atom. The number of aryl methyl sites for hydroxylation is 1. The van der Waals surface area contributed by atoms with E-state index in [2.05, 4.69) is 20.9 Å². The molecule has 0 unspecified atom stereocenters. The standard InChI is InChI=1S/C16H10BrClFNS/c1-9-15(11-4-2-3-5-13(11)17)20-16(21-9)12-7-6-10(19)8-14(12)18/h2-8H,1H3. The van der Waals surface area contributed by atoms with E-state index in [4.69, 9.17) is 11.6 Å². The fourth-order valence-corrected chi connectivity index (χ4v) is 3.83. The van der Waals surface area contributed by atoms with Crippen LogP contribution in [-0.2, 0) is 0 Å². The maximum Gasteiger partial charge on any atom is 0.125 e. The molecule has 0 saturated carbocycles. The van der Waals surface area contributed by atoms with Gasteiger partial charge in [0, 0.05) is 20.5 Å². The first-order valence-electron chi connectivity index (χ1n) is 6.24. The number of aromatic nitrogens is 1. The van der Waals surface area contributed by atoms with Gasteiger partial charge in [0.05, 0.1) is 10.7 Å². The van der Waals surface area contributed by atoms with Gasteiger partial charge in [-0.05, 0) is 31.2 Å². The molecule has 0 aliphatic heterocycles. The van der Waals surface area contributed by atoms with E-state index in [9.17, 15) is 4.39 Å². The van der Waals surface area contributed by atoms with Crippen LogP contribution in [-0.4, -0.2) is 4.98 Å². The lowest BCUT2D eigenvalue weighted by Gasteiger charge is -2.02. The van der Waals surface area contributed by atoms with Crippen molar-refractivity contribution in [3.05, 3.63) is 62.7 Å². The van der Waals surface area contributed by atoms with E-state index in [-0.39, 0.29) is 5.82 Å². The molecule has 0 aliphatic rings. The summed E-state index contributed by atoms with van der Waals surface area (Å²) < 4.78 is 14.2. The molecule has 3 rings (SSSR count). The second-order valence-corrected chi connectivity index (χ2v) is 6.99. The Morgan fingerprint density at radius 1 is 1.14 bits per heavy atom. The molecule has 3 aromatic rings. The molecule has 0 aliphatic carbocycles. The average molecular weight is 383 g/mol. The first kappa shape index (κ1) is 14.7. The summed E-state index contributed by atoms with van der Waals surface area (Å²) in [6.07, 6.45) is 0. The van der Waals surface area contributed by atoms with Crippen molar-refractivity contribution >= 4 is 38.9 Å². The molecule has 106 valence electrons. The number of thiazole rings is 1. The highest BCUT2D eigenvalue weighted by Gasteiger charge is 2.15. The predicted octanol–water partition coefficient (Wildman–Crippen LogP) is 6.34. The van der Waals surface area contributed by atoms with Gasteiger partial charge in [-0.25, -0.2) is 9.37 Å². The van der Waals surface area contributed by atoms with Crippen LogP contribution in [0.25, 0.3) is 21.8 Å². The molecular formula is C16H10BrClFNS. The highest BCUT2D eigenvalue weighted by molar-refractivity contribution is 9.10. The molecule has 1 heterocycles. The summed E-state index contributed by atoms with van der Waals surface area (Å²) in [5.41, 5.74) is 2.71. The zero-order chi connectivity index (χ0) is 15.0. The lowest BCUT2D eigenvalue weighted by Crippen LogP contribution is -1.84. The fourth-order valence-electron chi connectivity index (χ4n) is 2.08. The Labute approximate surface area is 139 Å². The molecule has 1 aromatic heterocycles. The number of rotatable bonds is 2. The number of hydrogen-bond acceptors (Lipinski definition) is 2. The average Bonchev–Trinajstić information content (AvgIpc) is 2.81. The molecule has 0 saturated heterocycles. The van der Waals surface area contributed by atoms with Crippen LogP contribution in [0.3, 0.4) is 0 Å². The van der Waals surface area contributed by atoms with Gasteiger partial charge >= 0.3 is 0 Å². The van der Waals surface area contributed by atoms with Gasteiger partial charge in [0.15, 0.2) is 0 Å². The number of hydrogen-bond donors (Lipinski definition) is 0. The molecule has 0 atom stereocenters. The third-order valence-electron chi connectivity index (χ3n) is 3.09. The molecule has 0 spiro atoms. The van der Waals surface area contributed by atoms with Crippen molar-refractivity contribution in [1.29, 1.82) is 0 Å². The molecule has 0 N–H and O–H groups in total. The van der Waals surface area contributed by atoms with Crippen molar-refractivity contribution in [1.82, 2.24) is 4.98 Å². The van der Waals surface area contributed by atoms with E-state index < -0.39 is 0 Å².